The third-order valence-corrected chi connectivity index (χ3v) is 4.07. The number of carbonyl (C=O) groups excluding carboxylic acids is 1. The van der Waals surface area contributed by atoms with Crippen LogP contribution in [0.4, 0.5) is 0 Å². The normalized spacial score (nSPS) is 10.8. The molecule has 0 unspecified atom stereocenters. The number of hydrogen-bond acceptors (Lipinski definition) is 5. The lowest BCUT2D eigenvalue weighted by atomic mass is 10.1. The number of hydrogen-bond donors (Lipinski definition) is 3. The third kappa shape index (κ3) is 5.25. The quantitative estimate of drug-likeness (QED) is 0.332. The molecule has 3 aromatic carbocycles. The number of nitrogens with zero attached hydrogens (tertiary/aromatic N) is 1. The van der Waals surface area contributed by atoms with Gasteiger partial charge in [0.25, 0.3) is 5.91 Å². The zero-order valence-corrected chi connectivity index (χ0v) is 15.4. The second kappa shape index (κ2) is 8.92. The van der Waals surface area contributed by atoms with Crippen LogP contribution in [0, 0.1) is 0 Å². The fourth-order valence-corrected chi connectivity index (χ4v) is 2.43. The molecule has 1 amide bonds. The zero-order chi connectivity index (χ0) is 19.9. The van der Waals surface area contributed by atoms with Crippen LogP contribution in [-0.2, 0) is 6.61 Å². The van der Waals surface area contributed by atoms with Crippen molar-refractivity contribution in [3.63, 3.8) is 0 Å². The highest BCUT2D eigenvalue weighted by molar-refractivity contribution is 6.30. The summed E-state index contributed by atoms with van der Waals surface area (Å²) < 4.78 is 5.66. The molecule has 0 heterocycles. The van der Waals surface area contributed by atoms with Gasteiger partial charge in [0, 0.05) is 10.6 Å². The summed E-state index contributed by atoms with van der Waals surface area (Å²) in [6.45, 7) is 0.367. The summed E-state index contributed by atoms with van der Waals surface area (Å²) >= 11 is 5.84. The molecule has 142 valence electrons. The highest BCUT2D eigenvalue weighted by Crippen LogP contribution is 2.24. The largest absolute Gasteiger partial charge is 0.504 e. The van der Waals surface area contributed by atoms with Crippen molar-refractivity contribution in [3.8, 4) is 17.2 Å². The van der Waals surface area contributed by atoms with E-state index in [9.17, 15) is 15.0 Å². The maximum atomic E-state index is 12.1. The first-order chi connectivity index (χ1) is 13.5. The number of benzene rings is 3. The van der Waals surface area contributed by atoms with Crippen LogP contribution in [0.5, 0.6) is 17.2 Å². The number of amides is 1. The Bertz CT molecular complexity index is 986. The first kappa shape index (κ1) is 19.3. The van der Waals surface area contributed by atoms with Gasteiger partial charge in [0.05, 0.1) is 6.21 Å². The molecule has 0 atom stereocenters. The Morgan fingerprint density at radius 1 is 1.00 bits per heavy atom. The highest BCUT2D eigenvalue weighted by Gasteiger charge is 2.05. The van der Waals surface area contributed by atoms with Crippen molar-refractivity contribution in [2.24, 2.45) is 5.10 Å². The topological polar surface area (TPSA) is 91.2 Å². The van der Waals surface area contributed by atoms with Crippen LogP contribution in [0.1, 0.15) is 21.5 Å². The average molecular weight is 397 g/mol. The van der Waals surface area contributed by atoms with Crippen LogP contribution in [-0.4, -0.2) is 22.3 Å². The molecule has 3 N–H and O–H groups in total. The minimum atomic E-state index is -0.371. The second-order valence-corrected chi connectivity index (χ2v) is 6.32. The van der Waals surface area contributed by atoms with E-state index >= 15 is 0 Å². The van der Waals surface area contributed by atoms with Crippen LogP contribution in [0.15, 0.2) is 71.8 Å². The lowest BCUT2D eigenvalue weighted by Crippen LogP contribution is -2.17. The molecule has 0 saturated heterocycles. The summed E-state index contributed by atoms with van der Waals surface area (Å²) in [5.41, 5.74) is 4.30. The molecule has 0 aliphatic rings. The molecule has 0 aromatic heterocycles. The van der Waals surface area contributed by atoms with Gasteiger partial charge in [-0.15, -0.1) is 0 Å². The van der Waals surface area contributed by atoms with Crippen molar-refractivity contribution in [2.45, 2.75) is 6.61 Å². The van der Waals surface area contributed by atoms with E-state index in [4.69, 9.17) is 16.3 Å². The van der Waals surface area contributed by atoms with Gasteiger partial charge in [-0.3, -0.25) is 4.79 Å². The summed E-state index contributed by atoms with van der Waals surface area (Å²) in [5, 5.41) is 23.2. The van der Waals surface area contributed by atoms with E-state index in [1.54, 1.807) is 54.6 Å². The number of rotatable bonds is 6. The number of nitrogens with one attached hydrogen (secondary N) is 1. The Morgan fingerprint density at radius 3 is 2.39 bits per heavy atom. The molecule has 7 heteroatoms. The van der Waals surface area contributed by atoms with E-state index in [0.29, 0.717) is 28.5 Å². The molecule has 6 nitrogen and oxygen atoms in total. The summed E-state index contributed by atoms with van der Waals surface area (Å²) in [7, 11) is 0. The van der Waals surface area contributed by atoms with Gasteiger partial charge in [0.1, 0.15) is 12.4 Å². The molecular weight excluding hydrogens is 380 g/mol. The van der Waals surface area contributed by atoms with E-state index < -0.39 is 0 Å². The first-order valence-corrected chi connectivity index (χ1v) is 8.72. The van der Waals surface area contributed by atoms with Crippen LogP contribution in [0.3, 0.4) is 0 Å². The van der Waals surface area contributed by atoms with E-state index in [0.717, 1.165) is 5.56 Å². The number of phenols is 2. The average Bonchev–Trinajstić information content (AvgIpc) is 2.70. The Labute approximate surface area is 166 Å². The summed E-state index contributed by atoms with van der Waals surface area (Å²) in [6.07, 6.45) is 1.37. The first-order valence-electron chi connectivity index (χ1n) is 8.34. The molecule has 0 fully saturated rings. The maximum Gasteiger partial charge on any atom is 0.271 e. The fraction of sp³-hybridized carbons (Fsp3) is 0.0476. The number of phenolic OH excluding ortho intramolecular Hbond substituents is 2. The minimum Gasteiger partial charge on any atom is -0.504 e. The van der Waals surface area contributed by atoms with Crippen molar-refractivity contribution in [1.29, 1.82) is 0 Å². The van der Waals surface area contributed by atoms with Crippen LogP contribution < -0.4 is 10.2 Å². The Morgan fingerprint density at radius 2 is 1.71 bits per heavy atom. The minimum absolute atomic E-state index is 0.221. The van der Waals surface area contributed by atoms with Crippen LogP contribution in [0.25, 0.3) is 0 Å². The molecule has 28 heavy (non-hydrogen) atoms. The number of halogens is 1. The van der Waals surface area contributed by atoms with Crippen LogP contribution in [0.2, 0.25) is 5.02 Å². The predicted molar refractivity (Wildman–Crippen MR) is 107 cm³/mol. The smallest absolute Gasteiger partial charge is 0.271 e. The van der Waals surface area contributed by atoms with Crippen LogP contribution >= 0.6 is 11.6 Å². The Kier molecular flexibility index (Phi) is 6.14. The SMILES string of the molecule is O=C(N/N=C/c1ccc(O)c(O)c1)c1ccc(COc2ccc(Cl)cc2)cc1. The highest BCUT2D eigenvalue weighted by atomic mass is 35.5. The van der Waals surface area contributed by atoms with Crippen molar-refractivity contribution < 1.29 is 19.7 Å². The molecule has 0 aliphatic heterocycles. The van der Waals surface area contributed by atoms with Gasteiger partial charge in [0.2, 0.25) is 0 Å². The molecule has 3 rings (SSSR count). The number of hydrazone groups is 1. The predicted octanol–water partition coefficient (Wildman–Crippen LogP) is 4.09. The molecule has 0 radical (unpaired) electrons. The van der Waals surface area contributed by atoms with Gasteiger partial charge >= 0.3 is 0 Å². The number of aromatic hydroxyl groups is 2. The molecule has 0 bridgehead atoms. The van der Waals surface area contributed by atoms with Gasteiger partial charge in [-0.2, -0.15) is 5.10 Å². The maximum absolute atomic E-state index is 12.1. The van der Waals surface area contributed by atoms with Gasteiger partial charge in [-0.1, -0.05) is 23.7 Å². The van der Waals surface area contributed by atoms with E-state index in [-0.39, 0.29) is 17.4 Å². The molecule has 3 aromatic rings. The van der Waals surface area contributed by atoms with Crippen molar-refractivity contribution >= 4 is 23.7 Å². The zero-order valence-electron chi connectivity index (χ0n) is 14.7. The molecule has 0 aliphatic carbocycles. The second-order valence-electron chi connectivity index (χ2n) is 5.89. The third-order valence-electron chi connectivity index (χ3n) is 3.81. The van der Waals surface area contributed by atoms with Crippen molar-refractivity contribution in [2.75, 3.05) is 0 Å². The Balaban J connectivity index is 1.53. The van der Waals surface area contributed by atoms with E-state index in [1.165, 1.54) is 18.3 Å². The van der Waals surface area contributed by atoms with Gasteiger partial charge in [0.15, 0.2) is 11.5 Å². The van der Waals surface area contributed by atoms with Gasteiger partial charge in [-0.25, -0.2) is 5.43 Å². The van der Waals surface area contributed by atoms with E-state index in [2.05, 4.69) is 10.5 Å². The summed E-state index contributed by atoms with van der Waals surface area (Å²) in [4.78, 5) is 12.1. The Hall–Kier alpha value is -3.51. The molecule has 0 spiro atoms. The standard InChI is InChI=1S/C21H17ClN2O4/c22-17-6-8-18(9-7-17)28-13-14-1-4-16(5-2-14)21(27)24-23-12-15-3-10-19(25)20(26)11-15/h1-12,25-26H,13H2,(H,24,27)/b23-12+. The fourth-order valence-electron chi connectivity index (χ4n) is 2.30. The lowest BCUT2D eigenvalue weighted by Gasteiger charge is -2.07. The lowest BCUT2D eigenvalue weighted by molar-refractivity contribution is 0.0955. The van der Waals surface area contributed by atoms with Crippen molar-refractivity contribution in [3.05, 3.63) is 88.4 Å². The molecular formula is C21H17ClN2O4. The monoisotopic (exact) mass is 396 g/mol. The number of carbonyl (C=O) groups is 1. The summed E-state index contributed by atoms with van der Waals surface area (Å²) in [6, 6.07) is 18.3. The van der Waals surface area contributed by atoms with Gasteiger partial charge < -0.3 is 14.9 Å². The van der Waals surface area contributed by atoms with E-state index in [1.807, 2.05) is 0 Å². The summed E-state index contributed by atoms with van der Waals surface area (Å²) in [5.74, 6) is -0.141. The van der Waals surface area contributed by atoms with Gasteiger partial charge in [-0.05, 0) is 65.7 Å². The number of ether oxygens (including phenoxy) is 1. The molecule has 0 saturated carbocycles. The van der Waals surface area contributed by atoms with Crippen molar-refractivity contribution in [1.82, 2.24) is 5.43 Å².